The van der Waals surface area contributed by atoms with Crippen molar-refractivity contribution >= 4 is 11.6 Å². The monoisotopic (exact) mass is 390 g/mol. The highest BCUT2D eigenvalue weighted by Gasteiger charge is 2.12. The Balaban J connectivity index is 1.50. The van der Waals surface area contributed by atoms with Crippen LogP contribution in [0.2, 0.25) is 0 Å². The van der Waals surface area contributed by atoms with Crippen molar-refractivity contribution in [3.63, 3.8) is 0 Å². The Hall–Kier alpha value is -3.86. The number of nitriles is 1. The number of imidazole rings is 1. The van der Waals surface area contributed by atoms with E-state index >= 15 is 0 Å². The molecule has 0 spiro atoms. The molecule has 1 N–H and O–H groups in total. The highest BCUT2D eigenvalue weighted by molar-refractivity contribution is 5.66. The number of aromatic nitrogens is 4. The number of rotatable bonds is 6. The number of anilines is 1. The second-order valence-corrected chi connectivity index (χ2v) is 6.42. The predicted molar refractivity (Wildman–Crippen MR) is 104 cm³/mol. The van der Waals surface area contributed by atoms with E-state index in [0.29, 0.717) is 29.4 Å². The summed E-state index contributed by atoms with van der Waals surface area (Å²) in [7, 11) is 0. The zero-order valence-electron chi connectivity index (χ0n) is 15.3. The van der Waals surface area contributed by atoms with Gasteiger partial charge in [0.25, 0.3) is 0 Å². The highest BCUT2D eigenvalue weighted by Crippen LogP contribution is 2.24. The van der Waals surface area contributed by atoms with Gasteiger partial charge in [-0.3, -0.25) is 9.38 Å². The minimum absolute atomic E-state index is 0.210. The van der Waals surface area contributed by atoms with E-state index in [-0.39, 0.29) is 5.56 Å². The van der Waals surface area contributed by atoms with Gasteiger partial charge in [0.15, 0.2) is 0 Å². The molecule has 0 saturated heterocycles. The number of fused-ring (bicyclic) bond motifs is 1. The average molecular weight is 390 g/mol. The lowest BCUT2D eigenvalue weighted by molar-refractivity contribution is 0.585. The Kier molecular flexibility index (Phi) is 5.12. The molecule has 0 aliphatic carbocycles. The lowest BCUT2D eigenvalue weighted by Gasteiger charge is -2.11. The first-order valence-electron chi connectivity index (χ1n) is 9.02. The van der Waals surface area contributed by atoms with Crippen LogP contribution in [0.1, 0.15) is 17.7 Å². The van der Waals surface area contributed by atoms with Crippen LogP contribution in [0.15, 0.2) is 55.0 Å². The molecule has 0 amide bonds. The topological polar surface area (TPSA) is 78.9 Å². The number of nitrogens with zero attached hydrogens (tertiary/aromatic N) is 5. The summed E-state index contributed by atoms with van der Waals surface area (Å²) < 4.78 is 29.2. The van der Waals surface area contributed by atoms with Gasteiger partial charge >= 0.3 is 0 Å². The van der Waals surface area contributed by atoms with E-state index in [1.165, 1.54) is 12.1 Å². The lowest BCUT2D eigenvalue weighted by atomic mass is 10.1. The van der Waals surface area contributed by atoms with Crippen LogP contribution in [0.25, 0.3) is 16.9 Å². The van der Waals surface area contributed by atoms with Gasteiger partial charge < -0.3 is 5.32 Å². The van der Waals surface area contributed by atoms with E-state index in [0.717, 1.165) is 24.6 Å². The zero-order chi connectivity index (χ0) is 20.2. The summed E-state index contributed by atoms with van der Waals surface area (Å²) in [6.45, 7) is 0.608. The van der Waals surface area contributed by atoms with Crippen molar-refractivity contribution in [1.82, 2.24) is 19.4 Å². The minimum atomic E-state index is -0.675. The first-order chi connectivity index (χ1) is 14.1. The van der Waals surface area contributed by atoms with Gasteiger partial charge in [-0.2, -0.15) is 5.26 Å². The maximum Gasteiger partial charge on any atom is 0.209 e. The van der Waals surface area contributed by atoms with Gasteiger partial charge in [-0.15, -0.1) is 0 Å². The van der Waals surface area contributed by atoms with Gasteiger partial charge in [-0.1, -0.05) is 0 Å². The van der Waals surface area contributed by atoms with E-state index in [4.69, 9.17) is 5.26 Å². The number of nitrogens with one attached hydrogen (secondary N) is 1. The molecule has 0 saturated carbocycles. The van der Waals surface area contributed by atoms with E-state index in [9.17, 15) is 8.78 Å². The highest BCUT2D eigenvalue weighted by atomic mass is 19.1. The number of hydrogen-bond acceptors (Lipinski definition) is 5. The molecule has 4 aromatic rings. The summed E-state index contributed by atoms with van der Waals surface area (Å²) >= 11 is 0. The van der Waals surface area contributed by atoms with Crippen LogP contribution in [0.3, 0.4) is 0 Å². The summed E-state index contributed by atoms with van der Waals surface area (Å²) in [5.74, 6) is -0.791. The van der Waals surface area contributed by atoms with Gasteiger partial charge in [0.2, 0.25) is 5.95 Å². The molecular weight excluding hydrogens is 374 g/mol. The van der Waals surface area contributed by atoms with Crippen LogP contribution < -0.4 is 5.32 Å². The minimum Gasteiger partial charge on any atom is -0.355 e. The number of benzene rings is 1. The Morgan fingerprint density at radius 2 is 2.00 bits per heavy atom. The molecule has 0 aliphatic rings. The van der Waals surface area contributed by atoms with Crippen LogP contribution in [0, 0.1) is 23.0 Å². The summed E-state index contributed by atoms with van der Waals surface area (Å²) in [6.07, 6.45) is 6.47. The van der Waals surface area contributed by atoms with Crippen LogP contribution in [0.4, 0.5) is 14.7 Å². The van der Waals surface area contributed by atoms with Crippen molar-refractivity contribution in [1.29, 1.82) is 5.26 Å². The molecule has 0 aliphatic heterocycles. The van der Waals surface area contributed by atoms with Crippen molar-refractivity contribution < 1.29 is 8.78 Å². The number of aryl methyl sites for hydroxylation is 1. The smallest absolute Gasteiger partial charge is 0.209 e. The maximum atomic E-state index is 14.2. The molecule has 144 valence electrons. The molecule has 0 radical (unpaired) electrons. The van der Waals surface area contributed by atoms with E-state index in [1.54, 1.807) is 35.1 Å². The summed E-state index contributed by atoms with van der Waals surface area (Å²) in [4.78, 5) is 13.0. The van der Waals surface area contributed by atoms with Gasteiger partial charge in [-0.25, -0.2) is 18.7 Å². The first-order valence-corrected chi connectivity index (χ1v) is 9.02. The Morgan fingerprint density at radius 1 is 1.10 bits per heavy atom. The van der Waals surface area contributed by atoms with Crippen LogP contribution >= 0.6 is 0 Å². The second-order valence-electron chi connectivity index (χ2n) is 6.42. The summed E-state index contributed by atoms with van der Waals surface area (Å²) in [6, 6.07) is 10.7. The fourth-order valence-electron chi connectivity index (χ4n) is 2.99. The standard InChI is InChI=1S/C21H16F2N6/c22-15-4-6-17(18(23)10-15)19-11-20-25-8-9-29(20)21(28-19)26-7-1-2-16-5-3-14(12-24)13-27-16/h3-6,8-11,13H,1-2,7H2,(H,26,28). The molecule has 6 nitrogen and oxygen atoms in total. The lowest BCUT2D eigenvalue weighted by Crippen LogP contribution is -2.10. The maximum absolute atomic E-state index is 14.2. The molecule has 8 heteroatoms. The second kappa shape index (κ2) is 8.02. The van der Waals surface area contributed by atoms with Crippen molar-refractivity contribution in [3.8, 4) is 17.3 Å². The van der Waals surface area contributed by atoms with Gasteiger partial charge in [0.05, 0.1) is 11.3 Å². The fraction of sp³-hybridized carbons (Fsp3) is 0.143. The Morgan fingerprint density at radius 3 is 2.76 bits per heavy atom. The molecule has 0 unspecified atom stereocenters. The number of pyridine rings is 1. The van der Waals surface area contributed by atoms with Crippen LogP contribution in [-0.2, 0) is 6.42 Å². The van der Waals surface area contributed by atoms with Gasteiger partial charge in [0.1, 0.15) is 23.4 Å². The third-order valence-electron chi connectivity index (χ3n) is 4.44. The third-order valence-corrected chi connectivity index (χ3v) is 4.44. The predicted octanol–water partition coefficient (Wildman–Crippen LogP) is 3.99. The van der Waals surface area contributed by atoms with Gasteiger partial charge in [0, 0.05) is 48.5 Å². The SMILES string of the molecule is N#Cc1ccc(CCCNc2nc(-c3ccc(F)cc3F)cc3nccn23)nc1. The molecule has 4 rings (SSSR count). The number of halogens is 2. The molecule has 1 aromatic carbocycles. The van der Waals surface area contributed by atoms with E-state index in [1.807, 2.05) is 12.1 Å². The fourth-order valence-corrected chi connectivity index (χ4v) is 2.99. The molecule has 3 aromatic heterocycles. The molecule has 0 bridgehead atoms. The van der Waals surface area contributed by atoms with Crippen molar-refractivity contribution in [2.75, 3.05) is 11.9 Å². The Labute approximate surface area is 165 Å². The van der Waals surface area contributed by atoms with Gasteiger partial charge in [-0.05, 0) is 37.1 Å². The largest absolute Gasteiger partial charge is 0.355 e. The molecule has 0 atom stereocenters. The van der Waals surface area contributed by atoms with Crippen LogP contribution in [-0.4, -0.2) is 25.9 Å². The quantitative estimate of drug-likeness (QED) is 0.504. The van der Waals surface area contributed by atoms with Crippen molar-refractivity contribution in [2.45, 2.75) is 12.8 Å². The van der Waals surface area contributed by atoms with Crippen molar-refractivity contribution in [3.05, 3.63) is 77.9 Å². The van der Waals surface area contributed by atoms with Crippen molar-refractivity contribution in [2.24, 2.45) is 0 Å². The summed E-state index contributed by atoms with van der Waals surface area (Å²) in [5, 5.41) is 12.1. The summed E-state index contributed by atoms with van der Waals surface area (Å²) in [5.41, 5.74) is 2.62. The molecule has 3 heterocycles. The van der Waals surface area contributed by atoms with E-state index in [2.05, 4.69) is 20.3 Å². The average Bonchev–Trinajstić information content (AvgIpc) is 3.20. The zero-order valence-corrected chi connectivity index (χ0v) is 15.3. The Bertz CT molecular complexity index is 1190. The molecule has 29 heavy (non-hydrogen) atoms. The normalized spacial score (nSPS) is 10.8. The third kappa shape index (κ3) is 4.04. The van der Waals surface area contributed by atoms with E-state index < -0.39 is 11.6 Å². The first kappa shape index (κ1) is 18.5. The molecular formula is C21H16F2N6. The number of hydrogen-bond donors (Lipinski definition) is 1. The van der Waals surface area contributed by atoms with Crippen LogP contribution in [0.5, 0.6) is 0 Å². The molecule has 0 fully saturated rings.